The number of nitrogens with one attached hydrogen (secondary N) is 2. The molecular weight excluding hydrogens is 288 g/mol. The molecule has 1 rings (SSSR count). The first-order chi connectivity index (χ1) is 10.0. The Morgan fingerprint density at radius 3 is 2.57 bits per heavy atom. The lowest BCUT2D eigenvalue weighted by atomic mass is 10.2. The van der Waals surface area contributed by atoms with Crippen LogP contribution < -0.4 is 10.6 Å². The fourth-order valence-electron chi connectivity index (χ4n) is 2.08. The molecule has 1 aromatic heterocycles. The molecule has 0 aromatic carbocycles. The molecule has 1 atom stereocenters. The molecule has 0 bridgehead atoms. The summed E-state index contributed by atoms with van der Waals surface area (Å²) in [6, 6.07) is 1.72. The molecule has 1 amide bonds. The smallest absolute Gasteiger partial charge is 0.253 e. The van der Waals surface area contributed by atoms with Crippen LogP contribution >= 0.6 is 11.6 Å². The van der Waals surface area contributed by atoms with Crippen molar-refractivity contribution >= 4 is 23.3 Å². The summed E-state index contributed by atoms with van der Waals surface area (Å²) >= 11 is 6.10. The number of halogens is 1. The van der Waals surface area contributed by atoms with Crippen LogP contribution in [0.3, 0.4) is 0 Å². The minimum atomic E-state index is -0.146. The van der Waals surface area contributed by atoms with Gasteiger partial charge in [0.25, 0.3) is 5.91 Å². The van der Waals surface area contributed by atoms with Crippen molar-refractivity contribution in [2.24, 2.45) is 0 Å². The molecule has 118 valence electrons. The number of carbonyl (C=O) groups is 1. The Labute approximate surface area is 132 Å². The number of anilines is 1. The van der Waals surface area contributed by atoms with Crippen molar-refractivity contribution in [1.82, 2.24) is 15.2 Å². The van der Waals surface area contributed by atoms with Crippen LogP contribution in [0.25, 0.3) is 0 Å². The third-order valence-corrected chi connectivity index (χ3v) is 3.54. The van der Waals surface area contributed by atoms with E-state index >= 15 is 0 Å². The summed E-state index contributed by atoms with van der Waals surface area (Å²) in [7, 11) is 0. The molecule has 1 heterocycles. The number of rotatable bonds is 8. The van der Waals surface area contributed by atoms with E-state index in [9.17, 15) is 4.79 Å². The predicted octanol–water partition coefficient (Wildman–Crippen LogP) is 2.63. The third-order valence-electron chi connectivity index (χ3n) is 3.25. The van der Waals surface area contributed by atoms with Gasteiger partial charge in [-0.05, 0) is 33.0 Å². The van der Waals surface area contributed by atoms with Gasteiger partial charge in [0.2, 0.25) is 0 Å². The molecule has 0 aliphatic heterocycles. The summed E-state index contributed by atoms with van der Waals surface area (Å²) in [5.41, 5.74) is 0.480. The van der Waals surface area contributed by atoms with Gasteiger partial charge in [-0.15, -0.1) is 0 Å². The Bertz CT molecular complexity index is 463. The lowest BCUT2D eigenvalue weighted by Crippen LogP contribution is -2.42. The normalized spacial score (nSPS) is 12.3. The quantitative estimate of drug-likeness (QED) is 0.775. The number of carbonyl (C=O) groups excluding carboxylic acids is 1. The molecule has 21 heavy (non-hydrogen) atoms. The van der Waals surface area contributed by atoms with Gasteiger partial charge in [-0.1, -0.05) is 25.4 Å². The fourth-order valence-corrected chi connectivity index (χ4v) is 2.31. The second-order valence-electron chi connectivity index (χ2n) is 4.95. The van der Waals surface area contributed by atoms with Crippen molar-refractivity contribution in [3.63, 3.8) is 0 Å². The average molecular weight is 313 g/mol. The number of amides is 1. The molecule has 6 heteroatoms. The SMILES string of the molecule is CCNc1ncc(C(=O)NC(C)CN(CC)CC)cc1Cl. The molecule has 0 spiro atoms. The Balaban J connectivity index is 2.65. The number of pyridine rings is 1. The average Bonchev–Trinajstić information content (AvgIpc) is 2.46. The van der Waals surface area contributed by atoms with Crippen LogP contribution in [0.15, 0.2) is 12.3 Å². The van der Waals surface area contributed by atoms with Gasteiger partial charge >= 0.3 is 0 Å². The Morgan fingerprint density at radius 2 is 2.05 bits per heavy atom. The highest BCUT2D eigenvalue weighted by Crippen LogP contribution is 2.19. The van der Waals surface area contributed by atoms with Crippen LogP contribution in [0.1, 0.15) is 38.1 Å². The number of aromatic nitrogens is 1. The zero-order chi connectivity index (χ0) is 15.8. The van der Waals surface area contributed by atoms with Crippen molar-refractivity contribution in [3.05, 3.63) is 22.8 Å². The summed E-state index contributed by atoms with van der Waals surface area (Å²) in [6.07, 6.45) is 1.54. The fraction of sp³-hybridized carbons (Fsp3) is 0.600. The van der Waals surface area contributed by atoms with Crippen molar-refractivity contribution in [3.8, 4) is 0 Å². The number of nitrogens with zero attached hydrogens (tertiary/aromatic N) is 2. The third kappa shape index (κ3) is 5.52. The van der Waals surface area contributed by atoms with Gasteiger partial charge in [0, 0.05) is 25.3 Å². The summed E-state index contributed by atoms with van der Waals surface area (Å²) in [5.74, 6) is 0.457. The molecule has 0 radical (unpaired) electrons. The van der Waals surface area contributed by atoms with Crippen molar-refractivity contribution in [1.29, 1.82) is 0 Å². The molecular formula is C15H25ClN4O. The van der Waals surface area contributed by atoms with Crippen LogP contribution in [0.4, 0.5) is 5.82 Å². The van der Waals surface area contributed by atoms with Gasteiger partial charge < -0.3 is 15.5 Å². The summed E-state index contributed by atoms with van der Waals surface area (Å²) in [4.78, 5) is 18.6. The van der Waals surface area contributed by atoms with Gasteiger partial charge in [-0.3, -0.25) is 4.79 Å². The van der Waals surface area contributed by atoms with E-state index in [0.717, 1.165) is 26.2 Å². The molecule has 0 aliphatic carbocycles. The van der Waals surface area contributed by atoms with Crippen molar-refractivity contribution in [2.75, 3.05) is 31.5 Å². The standard InChI is InChI=1S/C15H25ClN4O/c1-5-17-14-13(16)8-12(9-18-14)15(21)19-11(4)10-20(6-2)7-3/h8-9,11H,5-7,10H2,1-4H3,(H,17,18)(H,19,21). The van der Waals surface area contributed by atoms with E-state index in [-0.39, 0.29) is 11.9 Å². The van der Waals surface area contributed by atoms with E-state index in [1.165, 1.54) is 0 Å². The topological polar surface area (TPSA) is 57.3 Å². The first-order valence-corrected chi connectivity index (χ1v) is 7.82. The number of hydrogen-bond donors (Lipinski definition) is 2. The van der Waals surface area contributed by atoms with Gasteiger partial charge in [0.05, 0.1) is 10.6 Å². The highest BCUT2D eigenvalue weighted by molar-refractivity contribution is 6.33. The lowest BCUT2D eigenvalue weighted by Gasteiger charge is -2.23. The van der Waals surface area contributed by atoms with Crippen LogP contribution in [0.2, 0.25) is 5.02 Å². The first-order valence-electron chi connectivity index (χ1n) is 7.44. The maximum absolute atomic E-state index is 12.2. The molecule has 2 N–H and O–H groups in total. The summed E-state index contributed by atoms with van der Waals surface area (Å²) < 4.78 is 0. The van der Waals surface area contributed by atoms with Crippen LogP contribution in [0.5, 0.6) is 0 Å². The largest absolute Gasteiger partial charge is 0.369 e. The highest BCUT2D eigenvalue weighted by atomic mass is 35.5. The van der Waals surface area contributed by atoms with Gasteiger partial charge in [0.15, 0.2) is 0 Å². The van der Waals surface area contributed by atoms with Gasteiger partial charge in [-0.2, -0.15) is 0 Å². The molecule has 1 aromatic rings. The van der Waals surface area contributed by atoms with Crippen LogP contribution in [-0.4, -0.2) is 48.0 Å². The van der Waals surface area contributed by atoms with E-state index in [4.69, 9.17) is 11.6 Å². The van der Waals surface area contributed by atoms with Gasteiger partial charge in [0.1, 0.15) is 5.82 Å². The maximum atomic E-state index is 12.2. The number of hydrogen-bond acceptors (Lipinski definition) is 4. The van der Waals surface area contributed by atoms with E-state index in [1.807, 2.05) is 13.8 Å². The van der Waals surface area contributed by atoms with Crippen LogP contribution in [0, 0.1) is 0 Å². The highest BCUT2D eigenvalue weighted by Gasteiger charge is 2.14. The minimum Gasteiger partial charge on any atom is -0.369 e. The van der Waals surface area contributed by atoms with E-state index in [2.05, 4.69) is 34.4 Å². The summed E-state index contributed by atoms with van der Waals surface area (Å²) in [6.45, 7) is 11.7. The zero-order valence-electron chi connectivity index (χ0n) is 13.2. The molecule has 0 saturated carbocycles. The van der Waals surface area contributed by atoms with Gasteiger partial charge in [-0.25, -0.2) is 4.98 Å². The minimum absolute atomic E-state index is 0.0737. The first kappa shape index (κ1) is 17.7. The Hall–Kier alpha value is -1.33. The molecule has 0 aliphatic rings. The van der Waals surface area contributed by atoms with E-state index in [0.29, 0.717) is 16.4 Å². The van der Waals surface area contributed by atoms with Crippen LogP contribution in [-0.2, 0) is 0 Å². The second-order valence-corrected chi connectivity index (χ2v) is 5.35. The molecule has 0 fully saturated rings. The van der Waals surface area contributed by atoms with E-state index in [1.54, 1.807) is 12.3 Å². The maximum Gasteiger partial charge on any atom is 0.253 e. The second kappa shape index (κ2) is 8.85. The molecule has 5 nitrogen and oxygen atoms in total. The number of likely N-dealkylation sites (N-methyl/N-ethyl adjacent to an activating group) is 1. The molecule has 1 unspecified atom stereocenters. The predicted molar refractivity (Wildman–Crippen MR) is 88.1 cm³/mol. The summed E-state index contributed by atoms with van der Waals surface area (Å²) in [5, 5.41) is 6.48. The monoisotopic (exact) mass is 312 g/mol. The molecule has 0 saturated heterocycles. The Morgan fingerprint density at radius 1 is 1.38 bits per heavy atom. The Kier molecular flexibility index (Phi) is 7.47. The lowest BCUT2D eigenvalue weighted by molar-refractivity contribution is 0.0930. The van der Waals surface area contributed by atoms with E-state index < -0.39 is 0 Å². The van der Waals surface area contributed by atoms with Crippen molar-refractivity contribution in [2.45, 2.75) is 33.7 Å². The van der Waals surface area contributed by atoms with Crippen molar-refractivity contribution < 1.29 is 4.79 Å². The zero-order valence-corrected chi connectivity index (χ0v) is 14.0.